The van der Waals surface area contributed by atoms with Crippen molar-refractivity contribution in [2.24, 2.45) is 5.16 Å². The molecule has 1 aliphatic rings. The summed E-state index contributed by atoms with van der Waals surface area (Å²) in [5.41, 5.74) is 1.41. The zero-order chi connectivity index (χ0) is 6.53. The molecule has 2 nitrogen and oxygen atoms in total. The molecule has 0 unspecified atom stereocenters. The van der Waals surface area contributed by atoms with E-state index in [1.165, 1.54) is 37.5 Å². The first-order valence-corrected chi connectivity index (χ1v) is 3.29. The van der Waals surface area contributed by atoms with Gasteiger partial charge in [0.25, 0.3) is 0 Å². The quantitative estimate of drug-likeness (QED) is 0.324. The number of oxime groups is 1. The molecule has 1 rings (SSSR count). The Morgan fingerprint density at radius 3 is 2.56 bits per heavy atom. The van der Waals surface area contributed by atoms with Gasteiger partial charge in [-0.05, 0) is 31.8 Å². The minimum absolute atomic E-state index is 1.19. The summed E-state index contributed by atoms with van der Waals surface area (Å²) in [7, 11) is 0. The fourth-order valence-corrected chi connectivity index (χ4v) is 1.13. The second kappa shape index (κ2) is 3.28. The van der Waals surface area contributed by atoms with Gasteiger partial charge in [0.15, 0.2) is 0 Å². The monoisotopic (exact) mass is 125 g/mol. The Labute approximate surface area is 54.9 Å². The van der Waals surface area contributed by atoms with E-state index < -0.39 is 0 Å². The van der Waals surface area contributed by atoms with Crippen molar-refractivity contribution in [3.63, 3.8) is 0 Å². The molecule has 0 bridgehead atoms. The van der Waals surface area contributed by atoms with E-state index in [9.17, 15) is 0 Å². The number of hydrogen-bond donors (Lipinski definition) is 1. The van der Waals surface area contributed by atoms with Crippen molar-refractivity contribution < 1.29 is 5.21 Å². The van der Waals surface area contributed by atoms with Crippen LogP contribution in [0.1, 0.15) is 25.7 Å². The van der Waals surface area contributed by atoms with Crippen molar-refractivity contribution in [1.29, 1.82) is 0 Å². The molecular formula is C7H11NO. The first kappa shape index (κ1) is 6.33. The third kappa shape index (κ3) is 1.88. The second-order valence-corrected chi connectivity index (χ2v) is 2.30. The summed E-state index contributed by atoms with van der Waals surface area (Å²) in [6.45, 7) is 0. The molecule has 50 valence electrons. The van der Waals surface area contributed by atoms with Crippen LogP contribution < -0.4 is 0 Å². The van der Waals surface area contributed by atoms with Crippen LogP contribution in [0.4, 0.5) is 0 Å². The number of nitrogens with zero attached hydrogens (tertiary/aromatic N) is 1. The third-order valence-corrected chi connectivity index (χ3v) is 1.62. The van der Waals surface area contributed by atoms with E-state index in [0.717, 1.165) is 0 Å². The normalized spacial score (nSPS) is 19.3. The standard InChI is InChI=1S/C7H11NO/c9-8-6-5-7-3-1-2-4-7/h5-6,9H,1-4H2. The molecule has 0 aliphatic heterocycles. The van der Waals surface area contributed by atoms with E-state index in [0.29, 0.717) is 0 Å². The van der Waals surface area contributed by atoms with Gasteiger partial charge in [0.05, 0.1) is 6.21 Å². The highest BCUT2D eigenvalue weighted by Gasteiger charge is 2.03. The Morgan fingerprint density at radius 1 is 1.33 bits per heavy atom. The van der Waals surface area contributed by atoms with Gasteiger partial charge in [-0.25, -0.2) is 0 Å². The van der Waals surface area contributed by atoms with Gasteiger partial charge in [0.2, 0.25) is 0 Å². The maximum Gasteiger partial charge on any atom is 0.0661 e. The third-order valence-electron chi connectivity index (χ3n) is 1.62. The van der Waals surface area contributed by atoms with Crippen LogP contribution in [-0.2, 0) is 0 Å². The molecule has 0 atom stereocenters. The molecule has 0 aromatic heterocycles. The van der Waals surface area contributed by atoms with E-state index in [-0.39, 0.29) is 0 Å². The Bertz CT molecular complexity index is 130. The molecule has 1 aliphatic carbocycles. The van der Waals surface area contributed by atoms with Gasteiger partial charge in [-0.3, -0.25) is 0 Å². The maximum absolute atomic E-state index is 8.05. The minimum atomic E-state index is 1.19. The molecule has 0 aromatic carbocycles. The van der Waals surface area contributed by atoms with E-state index in [2.05, 4.69) is 5.16 Å². The van der Waals surface area contributed by atoms with Crippen molar-refractivity contribution in [3.05, 3.63) is 11.6 Å². The van der Waals surface area contributed by atoms with Gasteiger partial charge >= 0.3 is 0 Å². The summed E-state index contributed by atoms with van der Waals surface area (Å²) in [5, 5.41) is 10.9. The van der Waals surface area contributed by atoms with E-state index >= 15 is 0 Å². The van der Waals surface area contributed by atoms with Crippen molar-refractivity contribution in [3.8, 4) is 0 Å². The fraction of sp³-hybridized carbons (Fsp3) is 0.571. The lowest BCUT2D eigenvalue weighted by Crippen LogP contribution is -1.72. The van der Waals surface area contributed by atoms with Crippen LogP contribution in [0.2, 0.25) is 0 Å². The highest BCUT2D eigenvalue weighted by atomic mass is 16.4. The Kier molecular flexibility index (Phi) is 2.31. The zero-order valence-corrected chi connectivity index (χ0v) is 5.38. The SMILES string of the molecule is ON=CC=C1CCCC1. The molecule has 0 aromatic rings. The first-order chi connectivity index (χ1) is 4.43. The summed E-state index contributed by atoms with van der Waals surface area (Å²) in [5.74, 6) is 0. The molecule has 0 amide bonds. The Hall–Kier alpha value is -0.790. The molecule has 0 heterocycles. The van der Waals surface area contributed by atoms with E-state index in [4.69, 9.17) is 5.21 Å². The predicted molar refractivity (Wildman–Crippen MR) is 36.8 cm³/mol. The largest absolute Gasteiger partial charge is 0.411 e. The fourth-order valence-electron chi connectivity index (χ4n) is 1.13. The molecule has 2 heteroatoms. The number of hydrogen-bond acceptors (Lipinski definition) is 2. The van der Waals surface area contributed by atoms with Crippen molar-refractivity contribution >= 4 is 6.21 Å². The average Bonchev–Trinajstić information content (AvgIpc) is 2.34. The first-order valence-electron chi connectivity index (χ1n) is 3.29. The summed E-state index contributed by atoms with van der Waals surface area (Å²) in [4.78, 5) is 0. The summed E-state index contributed by atoms with van der Waals surface area (Å²) < 4.78 is 0. The van der Waals surface area contributed by atoms with Crippen LogP contribution in [0, 0.1) is 0 Å². The molecule has 9 heavy (non-hydrogen) atoms. The molecule has 1 fully saturated rings. The molecule has 0 saturated heterocycles. The highest BCUT2D eigenvalue weighted by molar-refractivity contribution is 5.71. The van der Waals surface area contributed by atoms with Gasteiger partial charge in [-0.2, -0.15) is 0 Å². The molecule has 1 saturated carbocycles. The Morgan fingerprint density at radius 2 is 2.00 bits per heavy atom. The van der Waals surface area contributed by atoms with Crippen LogP contribution in [0.25, 0.3) is 0 Å². The molecular weight excluding hydrogens is 114 g/mol. The van der Waals surface area contributed by atoms with Gasteiger partial charge in [-0.1, -0.05) is 10.7 Å². The van der Waals surface area contributed by atoms with Crippen molar-refractivity contribution in [1.82, 2.24) is 0 Å². The van der Waals surface area contributed by atoms with Gasteiger partial charge in [0.1, 0.15) is 0 Å². The molecule has 0 radical (unpaired) electrons. The smallest absolute Gasteiger partial charge is 0.0661 e. The lowest BCUT2D eigenvalue weighted by atomic mass is 10.2. The van der Waals surface area contributed by atoms with Crippen LogP contribution >= 0.6 is 0 Å². The summed E-state index contributed by atoms with van der Waals surface area (Å²) in [6.07, 6.45) is 8.31. The van der Waals surface area contributed by atoms with E-state index in [1.54, 1.807) is 0 Å². The van der Waals surface area contributed by atoms with Crippen LogP contribution in [0.15, 0.2) is 16.8 Å². The minimum Gasteiger partial charge on any atom is -0.411 e. The number of allylic oxidation sites excluding steroid dienone is 2. The zero-order valence-electron chi connectivity index (χ0n) is 5.38. The van der Waals surface area contributed by atoms with Gasteiger partial charge in [-0.15, -0.1) is 0 Å². The average molecular weight is 125 g/mol. The van der Waals surface area contributed by atoms with Crippen LogP contribution in [0.3, 0.4) is 0 Å². The summed E-state index contributed by atoms with van der Waals surface area (Å²) >= 11 is 0. The lowest BCUT2D eigenvalue weighted by molar-refractivity contribution is 0.322. The lowest BCUT2D eigenvalue weighted by Gasteiger charge is -1.86. The van der Waals surface area contributed by atoms with Crippen LogP contribution in [-0.4, -0.2) is 11.4 Å². The number of rotatable bonds is 1. The predicted octanol–water partition coefficient (Wildman–Crippen LogP) is 1.95. The van der Waals surface area contributed by atoms with Gasteiger partial charge in [0, 0.05) is 0 Å². The highest BCUT2D eigenvalue weighted by Crippen LogP contribution is 2.22. The maximum atomic E-state index is 8.05. The second-order valence-electron chi connectivity index (χ2n) is 2.30. The summed E-state index contributed by atoms with van der Waals surface area (Å²) in [6, 6.07) is 0. The topological polar surface area (TPSA) is 32.6 Å². The van der Waals surface area contributed by atoms with Crippen molar-refractivity contribution in [2.75, 3.05) is 0 Å². The molecule has 1 N–H and O–H groups in total. The van der Waals surface area contributed by atoms with Crippen LogP contribution in [0.5, 0.6) is 0 Å². The van der Waals surface area contributed by atoms with E-state index in [1.807, 2.05) is 6.08 Å². The molecule has 0 spiro atoms. The van der Waals surface area contributed by atoms with Gasteiger partial charge < -0.3 is 5.21 Å². The Balaban J connectivity index is 2.39. The van der Waals surface area contributed by atoms with Crippen molar-refractivity contribution in [2.45, 2.75) is 25.7 Å².